The number of aromatic nitrogens is 1. The average Bonchev–Trinajstić information content (AvgIpc) is 2.74. The molecule has 0 aliphatic heterocycles. The van der Waals surface area contributed by atoms with Crippen LogP contribution in [0.25, 0.3) is 0 Å². The molecule has 0 aliphatic carbocycles. The van der Waals surface area contributed by atoms with Gasteiger partial charge < -0.3 is 15.7 Å². The summed E-state index contributed by atoms with van der Waals surface area (Å²) < 4.78 is 0. The molecule has 0 aromatic carbocycles. The average molecular weight is 271 g/mol. The predicted molar refractivity (Wildman–Crippen MR) is 74.0 cm³/mol. The first-order valence-electron chi connectivity index (χ1n) is 5.99. The minimum atomic E-state index is -1.05. The van der Waals surface area contributed by atoms with E-state index < -0.39 is 12.0 Å². The van der Waals surface area contributed by atoms with Gasteiger partial charge in [-0.1, -0.05) is 13.8 Å². The number of hydrogen-bond acceptors (Lipinski definition) is 5. The van der Waals surface area contributed by atoms with Crippen molar-refractivity contribution < 1.29 is 9.90 Å². The fourth-order valence-electron chi connectivity index (χ4n) is 1.74. The van der Waals surface area contributed by atoms with Gasteiger partial charge in [0.2, 0.25) is 0 Å². The lowest BCUT2D eigenvalue weighted by atomic mass is 10.0. The summed E-state index contributed by atoms with van der Waals surface area (Å²) in [7, 11) is 1.97. The Balaban J connectivity index is 2.76. The molecule has 1 rings (SSSR count). The van der Waals surface area contributed by atoms with Crippen molar-refractivity contribution in [3.05, 3.63) is 11.1 Å². The topological polar surface area (TPSA) is 79.5 Å². The van der Waals surface area contributed by atoms with Crippen molar-refractivity contribution in [3.8, 4) is 0 Å². The van der Waals surface area contributed by atoms with E-state index in [0.717, 1.165) is 11.6 Å². The van der Waals surface area contributed by atoms with Crippen molar-refractivity contribution in [3.63, 3.8) is 0 Å². The van der Waals surface area contributed by atoms with E-state index >= 15 is 0 Å². The fourth-order valence-corrected chi connectivity index (χ4v) is 2.67. The molecule has 0 amide bonds. The molecule has 0 aliphatic rings. The smallest absolute Gasteiger partial charge is 0.326 e. The van der Waals surface area contributed by atoms with Gasteiger partial charge in [-0.2, -0.15) is 0 Å². The van der Waals surface area contributed by atoms with Gasteiger partial charge in [-0.3, -0.25) is 4.79 Å². The van der Waals surface area contributed by atoms with Gasteiger partial charge in [-0.15, -0.1) is 11.3 Å². The van der Waals surface area contributed by atoms with Crippen molar-refractivity contribution in [2.45, 2.75) is 39.3 Å². The van der Waals surface area contributed by atoms with Crippen molar-refractivity contribution in [2.24, 2.45) is 11.7 Å². The lowest BCUT2D eigenvalue weighted by Gasteiger charge is -2.25. The molecular weight excluding hydrogens is 250 g/mol. The maximum Gasteiger partial charge on any atom is 0.326 e. The number of hydrogen-bond donors (Lipinski definition) is 2. The van der Waals surface area contributed by atoms with Crippen LogP contribution in [0.1, 0.15) is 38.9 Å². The Bertz CT molecular complexity index is 406. The molecule has 6 heteroatoms. The third kappa shape index (κ3) is 3.68. The van der Waals surface area contributed by atoms with E-state index in [0.29, 0.717) is 17.7 Å². The van der Waals surface area contributed by atoms with Gasteiger partial charge in [-0.25, -0.2) is 4.98 Å². The SMILES string of the molecule is CC(C)CC(C)N(C)c1nc(C(N)C(=O)O)cs1. The maximum absolute atomic E-state index is 10.8. The second-order valence-corrected chi connectivity index (χ2v) is 5.80. The predicted octanol–water partition coefficient (Wildman–Crippen LogP) is 2.10. The van der Waals surface area contributed by atoms with E-state index in [-0.39, 0.29) is 0 Å². The summed E-state index contributed by atoms with van der Waals surface area (Å²) in [6.07, 6.45) is 1.07. The molecular formula is C12H21N3O2S. The third-order valence-corrected chi connectivity index (χ3v) is 3.82. The van der Waals surface area contributed by atoms with Crippen LogP contribution in [-0.4, -0.2) is 29.1 Å². The molecule has 1 aromatic rings. The van der Waals surface area contributed by atoms with Crippen LogP contribution in [0.4, 0.5) is 5.13 Å². The number of nitrogens with zero attached hydrogens (tertiary/aromatic N) is 2. The summed E-state index contributed by atoms with van der Waals surface area (Å²) in [5, 5.41) is 11.4. The molecule has 1 aromatic heterocycles. The molecule has 102 valence electrons. The molecule has 0 radical (unpaired) electrons. The summed E-state index contributed by atoms with van der Waals surface area (Å²) in [5.74, 6) is -0.437. The van der Waals surface area contributed by atoms with Crippen LogP contribution >= 0.6 is 11.3 Å². The zero-order chi connectivity index (χ0) is 13.9. The Morgan fingerprint density at radius 1 is 1.56 bits per heavy atom. The number of anilines is 1. The largest absolute Gasteiger partial charge is 0.480 e. The number of nitrogens with two attached hydrogens (primary N) is 1. The summed E-state index contributed by atoms with van der Waals surface area (Å²) in [6, 6.07) is -0.672. The zero-order valence-electron chi connectivity index (χ0n) is 11.3. The normalized spacial score (nSPS) is 14.6. The number of thiazole rings is 1. The molecule has 2 unspecified atom stereocenters. The Morgan fingerprint density at radius 3 is 2.67 bits per heavy atom. The van der Waals surface area contributed by atoms with Crippen LogP contribution in [0.3, 0.4) is 0 Å². The Morgan fingerprint density at radius 2 is 2.17 bits per heavy atom. The molecule has 0 saturated heterocycles. The van der Waals surface area contributed by atoms with E-state index in [4.69, 9.17) is 10.8 Å². The monoisotopic (exact) mass is 271 g/mol. The molecule has 3 N–H and O–H groups in total. The summed E-state index contributed by atoms with van der Waals surface area (Å²) in [5.41, 5.74) is 5.96. The van der Waals surface area contributed by atoms with Crippen molar-refractivity contribution in [1.29, 1.82) is 0 Å². The van der Waals surface area contributed by atoms with Gasteiger partial charge in [0, 0.05) is 18.5 Å². The molecule has 0 bridgehead atoms. The molecule has 0 fully saturated rings. The highest BCUT2D eigenvalue weighted by atomic mass is 32.1. The first-order valence-corrected chi connectivity index (χ1v) is 6.87. The van der Waals surface area contributed by atoms with E-state index in [9.17, 15) is 4.79 Å². The van der Waals surface area contributed by atoms with Gasteiger partial charge in [0.15, 0.2) is 5.13 Å². The molecule has 1 heterocycles. The summed E-state index contributed by atoms with van der Waals surface area (Å²) >= 11 is 1.43. The van der Waals surface area contributed by atoms with Crippen molar-refractivity contribution >= 4 is 22.4 Å². The molecule has 0 spiro atoms. The van der Waals surface area contributed by atoms with E-state index in [1.807, 2.05) is 7.05 Å². The number of rotatable bonds is 6. The van der Waals surface area contributed by atoms with Gasteiger partial charge in [-0.05, 0) is 19.3 Å². The van der Waals surface area contributed by atoms with Gasteiger partial charge in [0.25, 0.3) is 0 Å². The highest BCUT2D eigenvalue weighted by Crippen LogP contribution is 2.25. The van der Waals surface area contributed by atoms with Crippen molar-refractivity contribution in [2.75, 3.05) is 11.9 Å². The van der Waals surface area contributed by atoms with Crippen LogP contribution in [0.5, 0.6) is 0 Å². The van der Waals surface area contributed by atoms with Crippen LogP contribution in [0.15, 0.2) is 5.38 Å². The second-order valence-electron chi connectivity index (χ2n) is 4.96. The van der Waals surface area contributed by atoms with Crippen LogP contribution in [0, 0.1) is 5.92 Å². The van der Waals surface area contributed by atoms with Gasteiger partial charge in [0.1, 0.15) is 6.04 Å². The standard InChI is InChI=1S/C12H21N3O2S/c1-7(2)5-8(3)15(4)12-14-9(6-18-12)10(13)11(16)17/h6-8,10H,5,13H2,1-4H3,(H,16,17). The van der Waals surface area contributed by atoms with E-state index in [1.165, 1.54) is 11.3 Å². The van der Waals surface area contributed by atoms with E-state index in [2.05, 4.69) is 30.7 Å². The summed E-state index contributed by atoms with van der Waals surface area (Å²) in [4.78, 5) is 17.2. The first kappa shape index (κ1) is 14.9. The van der Waals surface area contributed by atoms with Gasteiger partial charge in [0.05, 0.1) is 5.69 Å². The molecule has 0 saturated carbocycles. The summed E-state index contributed by atoms with van der Waals surface area (Å²) in [6.45, 7) is 6.49. The number of aliphatic carboxylic acids is 1. The van der Waals surface area contributed by atoms with Crippen molar-refractivity contribution in [1.82, 2.24) is 4.98 Å². The molecule has 18 heavy (non-hydrogen) atoms. The first-order chi connectivity index (χ1) is 8.32. The lowest BCUT2D eigenvalue weighted by Crippen LogP contribution is -2.30. The minimum Gasteiger partial charge on any atom is -0.480 e. The maximum atomic E-state index is 10.8. The number of carboxylic acids is 1. The van der Waals surface area contributed by atoms with Gasteiger partial charge >= 0.3 is 5.97 Å². The minimum absolute atomic E-state index is 0.366. The van der Waals surface area contributed by atoms with Crippen LogP contribution < -0.4 is 10.6 Å². The zero-order valence-corrected chi connectivity index (χ0v) is 12.1. The highest BCUT2D eigenvalue weighted by molar-refractivity contribution is 7.13. The molecule has 5 nitrogen and oxygen atoms in total. The second kappa shape index (κ2) is 6.15. The number of carbonyl (C=O) groups is 1. The Hall–Kier alpha value is -1.14. The Labute approximate surface area is 112 Å². The third-order valence-electron chi connectivity index (χ3n) is 2.87. The molecule has 2 atom stereocenters. The van der Waals surface area contributed by atoms with Crippen LogP contribution in [0.2, 0.25) is 0 Å². The highest BCUT2D eigenvalue weighted by Gasteiger charge is 2.20. The quantitative estimate of drug-likeness (QED) is 0.828. The Kier molecular flexibility index (Phi) is 5.10. The fraction of sp³-hybridized carbons (Fsp3) is 0.667. The lowest BCUT2D eigenvalue weighted by molar-refractivity contribution is -0.138. The van der Waals surface area contributed by atoms with E-state index in [1.54, 1.807) is 5.38 Å². The van der Waals surface area contributed by atoms with Crippen LogP contribution in [-0.2, 0) is 4.79 Å². The number of carboxylic acid groups (broad SMARTS) is 1.